The van der Waals surface area contributed by atoms with Gasteiger partial charge in [0, 0.05) is 18.3 Å². The molecule has 0 saturated heterocycles. The first-order chi connectivity index (χ1) is 13.9. The Morgan fingerprint density at radius 3 is 2.59 bits per heavy atom. The van der Waals surface area contributed by atoms with Gasteiger partial charge in [-0.05, 0) is 55.3 Å². The highest BCUT2D eigenvalue weighted by Gasteiger charge is 2.15. The molecule has 0 atom stereocenters. The molecule has 3 rings (SSSR count). The van der Waals surface area contributed by atoms with E-state index in [1.165, 1.54) is 11.3 Å². The van der Waals surface area contributed by atoms with Crippen molar-refractivity contribution in [2.75, 3.05) is 25.5 Å². The topological polar surface area (TPSA) is 97.6 Å². The maximum Gasteiger partial charge on any atom is 0.260 e. The van der Waals surface area contributed by atoms with Gasteiger partial charge >= 0.3 is 0 Å². The first-order valence-electron chi connectivity index (χ1n) is 9.03. The molecule has 0 aliphatic carbocycles. The first kappa shape index (κ1) is 20.1. The molecule has 2 aromatic carbocycles. The van der Waals surface area contributed by atoms with E-state index in [4.69, 9.17) is 9.15 Å². The number of nitrogens with one attached hydrogen (secondary N) is 1. The average Bonchev–Trinajstić information content (AvgIpc) is 3.24. The van der Waals surface area contributed by atoms with Gasteiger partial charge in [-0.25, -0.2) is 0 Å². The molecule has 1 heterocycles. The highest BCUT2D eigenvalue weighted by atomic mass is 16.5. The molecule has 8 heteroatoms. The molecule has 0 spiro atoms. The van der Waals surface area contributed by atoms with Crippen LogP contribution in [0, 0.1) is 13.8 Å². The summed E-state index contributed by atoms with van der Waals surface area (Å²) in [4.78, 5) is 25.8. The Kier molecular flexibility index (Phi) is 6.23. The number of aromatic nitrogens is 2. The second-order valence-electron chi connectivity index (χ2n) is 6.67. The van der Waals surface area contributed by atoms with E-state index in [0.717, 1.165) is 22.4 Å². The third kappa shape index (κ3) is 5.41. The molecule has 0 bridgehead atoms. The van der Waals surface area contributed by atoms with Gasteiger partial charge in [-0.1, -0.05) is 12.1 Å². The number of aryl methyl sites for hydroxylation is 2. The standard InChI is InChI=1S/C21H22N4O4/c1-14-4-5-15(2)18(10-14)23-19(26)11-25(3)20(27)12-28-17-8-6-16(7-9-17)21-24-22-13-29-21/h4-10,13H,11-12H2,1-3H3,(H,23,26). The number of benzene rings is 2. The van der Waals surface area contributed by atoms with E-state index in [0.29, 0.717) is 11.6 Å². The van der Waals surface area contributed by atoms with Gasteiger partial charge in [0.05, 0.1) is 6.54 Å². The summed E-state index contributed by atoms with van der Waals surface area (Å²) in [6.07, 6.45) is 1.25. The number of nitrogens with zero attached hydrogens (tertiary/aromatic N) is 3. The maximum atomic E-state index is 12.3. The van der Waals surface area contributed by atoms with Gasteiger partial charge in [-0.2, -0.15) is 0 Å². The Morgan fingerprint density at radius 1 is 1.14 bits per heavy atom. The number of carbonyl (C=O) groups excluding carboxylic acids is 2. The molecule has 2 amide bonds. The van der Waals surface area contributed by atoms with Crippen molar-refractivity contribution >= 4 is 17.5 Å². The zero-order valence-electron chi connectivity index (χ0n) is 16.5. The summed E-state index contributed by atoms with van der Waals surface area (Å²) >= 11 is 0. The van der Waals surface area contributed by atoms with Crippen molar-refractivity contribution in [3.8, 4) is 17.2 Å². The number of hydrogen-bond donors (Lipinski definition) is 1. The van der Waals surface area contributed by atoms with Crippen molar-refractivity contribution in [3.05, 3.63) is 60.0 Å². The van der Waals surface area contributed by atoms with E-state index in [1.54, 1.807) is 31.3 Å². The smallest absolute Gasteiger partial charge is 0.260 e. The van der Waals surface area contributed by atoms with Gasteiger partial charge in [0.25, 0.3) is 5.91 Å². The Labute approximate surface area is 168 Å². The fourth-order valence-corrected chi connectivity index (χ4v) is 2.61. The Bertz CT molecular complexity index is 984. The molecule has 0 fully saturated rings. The molecule has 29 heavy (non-hydrogen) atoms. The average molecular weight is 394 g/mol. The first-order valence-corrected chi connectivity index (χ1v) is 9.03. The number of rotatable bonds is 7. The van der Waals surface area contributed by atoms with E-state index < -0.39 is 0 Å². The zero-order valence-corrected chi connectivity index (χ0v) is 16.5. The van der Waals surface area contributed by atoms with Crippen molar-refractivity contribution in [1.29, 1.82) is 0 Å². The van der Waals surface area contributed by atoms with Crippen LogP contribution in [0.1, 0.15) is 11.1 Å². The lowest BCUT2D eigenvalue weighted by Gasteiger charge is -2.18. The monoisotopic (exact) mass is 394 g/mol. The molecule has 0 unspecified atom stereocenters. The van der Waals surface area contributed by atoms with Crippen LogP contribution in [0.5, 0.6) is 5.75 Å². The molecule has 1 N–H and O–H groups in total. The van der Waals surface area contributed by atoms with Crippen LogP contribution >= 0.6 is 0 Å². The predicted molar refractivity (Wildman–Crippen MR) is 107 cm³/mol. The number of hydrogen-bond acceptors (Lipinski definition) is 6. The van der Waals surface area contributed by atoms with Gasteiger partial charge in [0.15, 0.2) is 6.61 Å². The van der Waals surface area contributed by atoms with Crippen LogP contribution in [0.15, 0.2) is 53.3 Å². The Hall–Kier alpha value is -3.68. The Morgan fingerprint density at radius 2 is 1.90 bits per heavy atom. The summed E-state index contributed by atoms with van der Waals surface area (Å²) < 4.78 is 10.6. The lowest BCUT2D eigenvalue weighted by Crippen LogP contribution is -2.37. The molecular weight excluding hydrogens is 372 g/mol. The second-order valence-corrected chi connectivity index (χ2v) is 6.67. The lowest BCUT2D eigenvalue weighted by atomic mass is 10.1. The summed E-state index contributed by atoms with van der Waals surface area (Å²) in [7, 11) is 1.56. The molecule has 150 valence electrons. The summed E-state index contributed by atoms with van der Waals surface area (Å²) in [5, 5.41) is 10.3. The zero-order chi connectivity index (χ0) is 20.8. The molecule has 0 radical (unpaired) electrons. The third-order valence-electron chi connectivity index (χ3n) is 4.30. The normalized spacial score (nSPS) is 10.4. The number of anilines is 1. The predicted octanol–water partition coefficient (Wildman–Crippen LogP) is 2.83. The molecule has 1 aromatic heterocycles. The molecular formula is C21H22N4O4. The van der Waals surface area contributed by atoms with Crippen molar-refractivity contribution in [2.24, 2.45) is 0 Å². The van der Waals surface area contributed by atoms with E-state index >= 15 is 0 Å². The van der Waals surface area contributed by atoms with Crippen LogP contribution in [0.4, 0.5) is 5.69 Å². The highest BCUT2D eigenvalue weighted by molar-refractivity contribution is 5.95. The maximum absolute atomic E-state index is 12.3. The lowest BCUT2D eigenvalue weighted by molar-refractivity contribution is -0.135. The minimum atomic E-state index is -0.304. The summed E-state index contributed by atoms with van der Waals surface area (Å²) in [6.45, 7) is 3.64. The summed E-state index contributed by atoms with van der Waals surface area (Å²) in [6, 6.07) is 12.8. The fourth-order valence-electron chi connectivity index (χ4n) is 2.61. The van der Waals surface area contributed by atoms with Crippen molar-refractivity contribution in [1.82, 2.24) is 15.1 Å². The van der Waals surface area contributed by atoms with Crippen LogP contribution < -0.4 is 10.1 Å². The Balaban J connectivity index is 1.48. The SMILES string of the molecule is Cc1ccc(C)c(NC(=O)CN(C)C(=O)COc2ccc(-c3nnco3)cc2)c1. The van der Waals surface area contributed by atoms with Crippen LogP contribution in [-0.2, 0) is 9.59 Å². The second kappa shape index (κ2) is 9.01. The third-order valence-corrected chi connectivity index (χ3v) is 4.30. The number of likely N-dealkylation sites (N-methyl/N-ethyl adjacent to an activating group) is 1. The quantitative estimate of drug-likeness (QED) is 0.662. The molecule has 3 aromatic rings. The largest absolute Gasteiger partial charge is 0.484 e. The van der Waals surface area contributed by atoms with Crippen molar-refractivity contribution in [3.63, 3.8) is 0 Å². The minimum absolute atomic E-state index is 0.0638. The van der Waals surface area contributed by atoms with E-state index in [1.807, 2.05) is 32.0 Å². The van der Waals surface area contributed by atoms with Crippen LogP contribution in [0.25, 0.3) is 11.5 Å². The van der Waals surface area contributed by atoms with E-state index in [2.05, 4.69) is 15.5 Å². The van der Waals surface area contributed by atoms with E-state index in [-0.39, 0.29) is 25.0 Å². The molecule has 8 nitrogen and oxygen atoms in total. The number of ether oxygens (including phenoxy) is 1. The van der Waals surface area contributed by atoms with Crippen molar-refractivity contribution in [2.45, 2.75) is 13.8 Å². The molecule has 0 aliphatic heterocycles. The highest BCUT2D eigenvalue weighted by Crippen LogP contribution is 2.20. The van der Waals surface area contributed by atoms with Gasteiger partial charge in [0.2, 0.25) is 18.2 Å². The number of carbonyl (C=O) groups is 2. The van der Waals surface area contributed by atoms with Crippen molar-refractivity contribution < 1.29 is 18.7 Å². The summed E-state index contributed by atoms with van der Waals surface area (Å²) in [5.74, 6) is 0.359. The molecule has 0 aliphatic rings. The van der Waals surface area contributed by atoms with Crippen LogP contribution in [0.3, 0.4) is 0 Å². The van der Waals surface area contributed by atoms with E-state index in [9.17, 15) is 9.59 Å². The minimum Gasteiger partial charge on any atom is -0.484 e. The number of amides is 2. The molecule has 0 saturated carbocycles. The van der Waals surface area contributed by atoms with Crippen LogP contribution in [-0.4, -0.2) is 47.1 Å². The summed E-state index contributed by atoms with van der Waals surface area (Å²) in [5.41, 5.74) is 3.51. The van der Waals surface area contributed by atoms with Gasteiger partial charge in [-0.3, -0.25) is 9.59 Å². The van der Waals surface area contributed by atoms with Gasteiger partial charge < -0.3 is 19.4 Å². The van der Waals surface area contributed by atoms with Gasteiger partial charge in [0.1, 0.15) is 5.75 Å². The van der Waals surface area contributed by atoms with Gasteiger partial charge in [-0.15, -0.1) is 10.2 Å². The fraction of sp³-hybridized carbons (Fsp3) is 0.238. The van der Waals surface area contributed by atoms with Crippen LogP contribution in [0.2, 0.25) is 0 Å².